The third kappa shape index (κ3) is 4.15. The van der Waals surface area contributed by atoms with Gasteiger partial charge in [0.1, 0.15) is 17.2 Å². The SMILES string of the molecule is COc1ccc(NC(=O)CCc2nc(-c3ccccn3)no2)c(OC)c1. The van der Waals surface area contributed by atoms with Gasteiger partial charge in [0, 0.05) is 25.1 Å². The summed E-state index contributed by atoms with van der Waals surface area (Å²) in [7, 11) is 3.10. The molecule has 134 valence electrons. The van der Waals surface area contributed by atoms with E-state index in [1.165, 1.54) is 7.11 Å². The van der Waals surface area contributed by atoms with Gasteiger partial charge in [0.25, 0.3) is 0 Å². The van der Waals surface area contributed by atoms with E-state index < -0.39 is 0 Å². The van der Waals surface area contributed by atoms with Crippen molar-refractivity contribution in [2.75, 3.05) is 19.5 Å². The van der Waals surface area contributed by atoms with Crippen molar-refractivity contribution in [3.63, 3.8) is 0 Å². The topological polar surface area (TPSA) is 99.4 Å². The first-order valence-electron chi connectivity index (χ1n) is 7.95. The monoisotopic (exact) mass is 354 g/mol. The molecule has 3 rings (SSSR count). The Morgan fingerprint density at radius 2 is 2.08 bits per heavy atom. The number of rotatable bonds is 7. The van der Waals surface area contributed by atoms with Gasteiger partial charge in [-0.1, -0.05) is 11.2 Å². The highest BCUT2D eigenvalue weighted by Crippen LogP contribution is 2.29. The highest BCUT2D eigenvalue weighted by atomic mass is 16.5. The van der Waals surface area contributed by atoms with E-state index in [-0.39, 0.29) is 12.3 Å². The Hall–Kier alpha value is -3.42. The lowest BCUT2D eigenvalue weighted by molar-refractivity contribution is -0.116. The number of pyridine rings is 1. The molecule has 0 saturated carbocycles. The van der Waals surface area contributed by atoms with Crippen molar-refractivity contribution in [2.24, 2.45) is 0 Å². The number of nitrogens with zero attached hydrogens (tertiary/aromatic N) is 3. The molecule has 0 aliphatic rings. The Kier molecular flexibility index (Phi) is 5.43. The summed E-state index contributed by atoms with van der Waals surface area (Å²) in [6, 6.07) is 10.6. The summed E-state index contributed by atoms with van der Waals surface area (Å²) in [6.07, 6.45) is 2.17. The smallest absolute Gasteiger partial charge is 0.227 e. The molecule has 3 aromatic rings. The van der Waals surface area contributed by atoms with E-state index in [0.29, 0.717) is 41.0 Å². The zero-order valence-electron chi connectivity index (χ0n) is 14.4. The number of ether oxygens (including phenoxy) is 2. The fraction of sp³-hybridized carbons (Fsp3) is 0.222. The molecule has 0 atom stereocenters. The molecular formula is C18H18N4O4. The van der Waals surface area contributed by atoms with E-state index in [1.54, 1.807) is 37.6 Å². The maximum absolute atomic E-state index is 12.2. The molecule has 2 aromatic heterocycles. The zero-order chi connectivity index (χ0) is 18.4. The molecule has 2 heterocycles. The quantitative estimate of drug-likeness (QED) is 0.696. The summed E-state index contributed by atoms with van der Waals surface area (Å²) in [5.74, 6) is 1.76. The minimum Gasteiger partial charge on any atom is -0.497 e. The fourth-order valence-corrected chi connectivity index (χ4v) is 2.29. The number of benzene rings is 1. The minimum atomic E-state index is -0.189. The molecule has 0 saturated heterocycles. The van der Waals surface area contributed by atoms with Crippen molar-refractivity contribution in [2.45, 2.75) is 12.8 Å². The normalized spacial score (nSPS) is 10.4. The van der Waals surface area contributed by atoms with Crippen molar-refractivity contribution in [1.82, 2.24) is 15.1 Å². The molecule has 0 aliphatic carbocycles. The Labute approximate surface area is 150 Å². The van der Waals surface area contributed by atoms with Crippen LogP contribution in [0.1, 0.15) is 12.3 Å². The Morgan fingerprint density at radius 1 is 1.19 bits per heavy atom. The van der Waals surface area contributed by atoms with Crippen LogP contribution in [0.15, 0.2) is 47.1 Å². The number of anilines is 1. The third-order valence-corrected chi connectivity index (χ3v) is 3.61. The zero-order valence-corrected chi connectivity index (χ0v) is 14.4. The summed E-state index contributed by atoms with van der Waals surface area (Å²) in [5, 5.41) is 6.68. The lowest BCUT2D eigenvalue weighted by Gasteiger charge is -2.11. The number of hydrogen-bond donors (Lipinski definition) is 1. The average molecular weight is 354 g/mol. The third-order valence-electron chi connectivity index (χ3n) is 3.61. The summed E-state index contributed by atoms with van der Waals surface area (Å²) >= 11 is 0. The molecule has 1 amide bonds. The van der Waals surface area contributed by atoms with Crippen LogP contribution in [0.4, 0.5) is 5.69 Å². The standard InChI is InChI=1S/C18H18N4O4/c1-24-12-6-7-13(15(11-12)25-2)20-16(23)8-9-17-21-18(22-26-17)14-5-3-4-10-19-14/h3-7,10-11H,8-9H2,1-2H3,(H,20,23). The molecule has 1 aromatic carbocycles. The van der Waals surface area contributed by atoms with E-state index in [9.17, 15) is 4.79 Å². The Morgan fingerprint density at radius 3 is 2.81 bits per heavy atom. The predicted molar refractivity (Wildman–Crippen MR) is 94.0 cm³/mol. The first-order valence-corrected chi connectivity index (χ1v) is 7.95. The highest BCUT2D eigenvalue weighted by molar-refractivity contribution is 5.92. The van der Waals surface area contributed by atoms with Crippen molar-refractivity contribution in [1.29, 1.82) is 0 Å². The molecule has 8 heteroatoms. The lowest BCUT2D eigenvalue weighted by Crippen LogP contribution is -2.13. The molecule has 0 spiro atoms. The van der Waals surface area contributed by atoms with E-state index in [0.717, 1.165) is 0 Å². The Balaban J connectivity index is 1.59. The van der Waals surface area contributed by atoms with Crippen molar-refractivity contribution < 1.29 is 18.8 Å². The maximum atomic E-state index is 12.2. The first-order chi connectivity index (χ1) is 12.7. The second kappa shape index (κ2) is 8.11. The summed E-state index contributed by atoms with van der Waals surface area (Å²) in [4.78, 5) is 20.6. The molecule has 8 nitrogen and oxygen atoms in total. The van der Waals surface area contributed by atoms with Gasteiger partial charge in [0.2, 0.25) is 17.6 Å². The second-order valence-electron chi connectivity index (χ2n) is 5.34. The van der Waals surface area contributed by atoms with Gasteiger partial charge < -0.3 is 19.3 Å². The van der Waals surface area contributed by atoms with Crippen LogP contribution in [0, 0.1) is 0 Å². The van der Waals surface area contributed by atoms with Crippen LogP contribution in [0.5, 0.6) is 11.5 Å². The minimum absolute atomic E-state index is 0.189. The van der Waals surface area contributed by atoms with Gasteiger partial charge in [-0.05, 0) is 24.3 Å². The van der Waals surface area contributed by atoms with Gasteiger partial charge in [-0.15, -0.1) is 0 Å². The molecular weight excluding hydrogens is 336 g/mol. The van der Waals surface area contributed by atoms with Crippen LogP contribution >= 0.6 is 0 Å². The van der Waals surface area contributed by atoms with Gasteiger partial charge in [0.15, 0.2) is 0 Å². The number of carbonyl (C=O) groups excluding carboxylic acids is 1. The molecule has 1 N–H and O–H groups in total. The number of methoxy groups -OCH3 is 2. The number of hydrogen-bond acceptors (Lipinski definition) is 7. The number of carbonyl (C=O) groups is 1. The van der Waals surface area contributed by atoms with Gasteiger partial charge in [-0.3, -0.25) is 9.78 Å². The first kappa shape index (κ1) is 17.4. The van der Waals surface area contributed by atoms with Gasteiger partial charge >= 0.3 is 0 Å². The summed E-state index contributed by atoms with van der Waals surface area (Å²) < 4.78 is 15.6. The molecule has 0 unspecified atom stereocenters. The number of aryl methyl sites for hydroxylation is 1. The number of amides is 1. The van der Waals surface area contributed by atoms with Crippen molar-refractivity contribution in [3.8, 4) is 23.0 Å². The van der Waals surface area contributed by atoms with Crippen LogP contribution in [0.25, 0.3) is 11.5 Å². The second-order valence-corrected chi connectivity index (χ2v) is 5.34. The van der Waals surface area contributed by atoms with Crippen molar-refractivity contribution in [3.05, 3.63) is 48.5 Å². The average Bonchev–Trinajstić information content (AvgIpc) is 3.16. The van der Waals surface area contributed by atoms with E-state index in [2.05, 4.69) is 20.4 Å². The van der Waals surface area contributed by atoms with Gasteiger partial charge in [-0.2, -0.15) is 4.98 Å². The number of nitrogens with one attached hydrogen (secondary N) is 1. The van der Waals surface area contributed by atoms with E-state index in [4.69, 9.17) is 14.0 Å². The molecule has 26 heavy (non-hydrogen) atoms. The predicted octanol–water partition coefficient (Wildman–Crippen LogP) is 2.72. The van der Waals surface area contributed by atoms with Crippen LogP contribution in [0.2, 0.25) is 0 Å². The Bertz CT molecular complexity index is 880. The van der Waals surface area contributed by atoms with Gasteiger partial charge in [-0.25, -0.2) is 0 Å². The lowest BCUT2D eigenvalue weighted by atomic mass is 10.2. The van der Waals surface area contributed by atoms with Crippen LogP contribution in [-0.2, 0) is 11.2 Å². The van der Waals surface area contributed by atoms with Gasteiger partial charge in [0.05, 0.1) is 19.9 Å². The molecule has 0 bridgehead atoms. The molecule has 0 radical (unpaired) electrons. The fourth-order valence-electron chi connectivity index (χ4n) is 2.29. The van der Waals surface area contributed by atoms with E-state index >= 15 is 0 Å². The molecule has 0 fully saturated rings. The summed E-state index contributed by atoms with van der Waals surface area (Å²) in [5.41, 5.74) is 1.19. The summed E-state index contributed by atoms with van der Waals surface area (Å²) in [6.45, 7) is 0. The maximum Gasteiger partial charge on any atom is 0.227 e. The van der Waals surface area contributed by atoms with Crippen LogP contribution in [0.3, 0.4) is 0 Å². The van der Waals surface area contributed by atoms with Crippen molar-refractivity contribution >= 4 is 11.6 Å². The molecule has 0 aliphatic heterocycles. The van der Waals surface area contributed by atoms with Crippen LogP contribution < -0.4 is 14.8 Å². The highest BCUT2D eigenvalue weighted by Gasteiger charge is 2.13. The largest absolute Gasteiger partial charge is 0.497 e. The van der Waals surface area contributed by atoms with E-state index in [1.807, 2.05) is 12.1 Å². The van der Waals surface area contributed by atoms with Crippen LogP contribution in [-0.4, -0.2) is 35.3 Å². The number of aromatic nitrogens is 3.